The fourth-order valence-electron chi connectivity index (χ4n) is 2.45. The topological polar surface area (TPSA) is 38.0 Å². The van der Waals surface area contributed by atoms with Gasteiger partial charge in [-0.1, -0.05) is 37.3 Å². The molecular weight excluding hydrogens is 248 g/mol. The fraction of sp³-hybridized carbons (Fsp3) is 0.471. The third-order valence-electron chi connectivity index (χ3n) is 3.63. The summed E-state index contributed by atoms with van der Waals surface area (Å²) >= 11 is 0. The summed E-state index contributed by atoms with van der Waals surface area (Å²) in [6.07, 6.45) is 3.04. The van der Waals surface area contributed by atoms with Crippen LogP contribution in [0.4, 0.5) is 0 Å². The van der Waals surface area contributed by atoms with Crippen molar-refractivity contribution in [3.05, 3.63) is 53.3 Å². The van der Waals surface area contributed by atoms with E-state index in [4.69, 9.17) is 0 Å². The lowest BCUT2D eigenvalue weighted by atomic mass is 10.0. The minimum Gasteiger partial charge on any atom is -0.393 e. The third kappa shape index (κ3) is 3.94. The lowest BCUT2D eigenvalue weighted by molar-refractivity contribution is 0.162. The third-order valence-corrected chi connectivity index (χ3v) is 3.63. The van der Waals surface area contributed by atoms with E-state index >= 15 is 0 Å². The van der Waals surface area contributed by atoms with Crippen LogP contribution in [0, 0.1) is 0 Å². The first-order valence-electron chi connectivity index (χ1n) is 7.50. The number of nitrogens with zero attached hydrogens (tertiary/aromatic N) is 2. The molecule has 1 N–H and O–H groups in total. The lowest BCUT2D eigenvalue weighted by Gasteiger charge is -2.11. The highest BCUT2D eigenvalue weighted by Gasteiger charge is 2.11. The molecule has 0 bridgehead atoms. The average Bonchev–Trinajstić information content (AvgIpc) is 2.88. The van der Waals surface area contributed by atoms with Gasteiger partial charge in [-0.2, -0.15) is 5.10 Å². The Morgan fingerprint density at radius 3 is 2.60 bits per heavy atom. The van der Waals surface area contributed by atoms with E-state index in [9.17, 15) is 5.11 Å². The fourth-order valence-corrected chi connectivity index (χ4v) is 2.45. The van der Waals surface area contributed by atoms with Crippen LogP contribution in [0.1, 0.15) is 37.2 Å². The SMILES string of the molecule is CCc1cc(CC(O)CCc2ccccc2)n(CC)n1. The van der Waals surface area contributed by atoms with Gasteiger partial charge in [0, 0.05) is 18.7 Å². The van der Waals surface area contributed by atoms with Gasteiger partial charge in [-0.15, -0.1) is 0 Å². The monoisotopic (exact) mass is 272 g/mol. The number of aliphatic hydroxyl groups is 1. The number of aromatic nitrogens is 2. The molecule has 1 aromatic heterocycles. The highest BCUT2D eigenvalue weighted by atomic mass is 16.3. The summed E-state index contributed by atoms with van der Waals surface area (Å²) in [6, 6.07) is 12.4. The molecule has 0 saturated carbocycles. The maximum Gasteiger partial charge on any atom is 0.0624 e. The van der Waals surface area contributed by atoms with Crippen LogP contribution < -0.4 is 0 Å². The highest BCUT2D eigenvalue weighted by molar-refractivity contribution is 5.15. The number of aliphatic hydroxyl groups excluding tert-OH is 1. The Morgan fingerprint density at radius 1 is 1.20 bits per heavy atom. The molecule has 3 nitrogen and oxygen atoms in total. The Balaban J connectivity index is 1.91. The van der Waals surface area contributed by atoms with Gasteiger partial charge in [-0.3, -0.25) is 4.68 Å². The molecule has 20 heavy (non-hydrogen) atoms. The molecule has 0 saturated heterocycles. The number of hydrogen-bond donors (Lipinski definition) is 1. The quantitative estimate of drug-likeness (QED) is 0.841. The van der Waals surface area contributed by atoms with Gasteiger partial charge in [0.25, 0.3) is 0 Å². The van der Waals surface area contributed by atoms with Gasteiger partial charge in [-0.25, -0.2) is 0 Å². The van der Waals surface area contributed by atoms with Crippen LogP contribution in [0.5, 0.6) is 0 Å². The van der Waals surface area contributed by atoms with E-state index in [0.29, 0.717) is 6.42 Å². The first-order chi connectivity index (χ1) is 9.72. The second kappa shape index (κ2) is 7.25. The molecule has 3 heteroatoms. The molecule has 0 amide bonds. The standard InChI is InChI=1S/C17H24N2O/c1-3-15-12-16(19(4-2)18-15)13-17(20)11-10-14-8-6-5-7-9-14/h5-9,12,17,20H,3-4,10-11,13H2,1-2H3. The van der Waals surface area contributed by atoms with E-state index in [1.54, 1.807) is 0 Å². The van der Waals surface area contributed by atoms with E-state index in [-0.39, 0.29) is 6.10 Å². The van der Waals surface area contributed by atoms with Crippen LogP contribution in [0.3, 0.4) is 0 Å². The second-order valence-corrected chi connectivity index (χ2v) is 5.18. The van der Waals surface area contributed by atoms with Gasteiger partial charge in [0.1, 0.15) is 0 Å². The summed E-state index contributed by atoms with van der Waals surface area (Å²) < 4.78 is 2.00. The van der Waals surface area contributed by atoms with Gasteiger partial charge in [0.05, 0.1) is 11.8 Å². The van der Waals surface area contributed by atoms with Crippen LogP contribution in [-0.4, -0.2) is 21.0 Å². The largest absolute Gasteiger partial charge is 0.393 e. The molecule has 1 heterocycles. The zero-order chi connectivity index (χ0) is 14.4. The summed E-state index contributed by atoms with van der Waals surface area (Å²) in [6.45, 7) is 5.06. The molecule has 108 valence electrons. The van der Waals surface area contributed by atoms with Crippen molar-refractivity contribution in [3.8, 4) is 0 Å². The van der Waals surface area contributed by atoms with Crippen LogP contribution in [0.2, 0.25) is 0 Å². The van der Waals surface area contributed by atoms with E-state index < -0.39 is 0 Å². The van der Waals surface area contributed by atoms with E-state index in [0.717, 1.165) is 37.2 Å². The maximum atomic E-state index is 10.2. The van der Waals surface area contributed by atoms with Crippen molar-refractivity contribution in [1.29, 1.82) is 0 Å². The average molecular weight is 272 g/mol. The Bertz CT molecular complexity index is 519. The number of aryl methyl sites for hydroxylation is 3. The second-order valence-electron chi connectivity index (χ2n) is 5.18. The summed E-state index contributed by atoms with van der Waals surface area (Å²) in [5.74, 6) is 0. The maximum absolute atomic E-state index is 10.2. The molecule has 1 atom stereocenters. The van der Waals surface area contributed by atoms with E-state index in [1.165, 1.54) is 5.56 Å². The summed E-state index contributed by atoms with van der Waals surface area (Å²) in [7, 11) is 0. The van der Waals surface area contributed by atoms with Crippen molar-refractivity contribution < 1.29 is 5.11 Å². The number of hydrogen-bond acceptors (Lipinski definition) is 2. The van der Waals surface area contributed by atoms with Gasteiger partial charge in [0.15, 0.2) is 0 Å². The lowest BCUT2D eigenvalue weighted by Crippen LogP contribution is -2.15. The molecule has 2 aromatic rings. The Kier molecular flexibility index (Phi) is 5.36. The Hall–Kier alpha value is -1.61. The summed E-state index contributed by atoms with van der Waals surface area (Å²) in [5, 5.41) is 14.7. The molecule has 0 fully saturated rings. The van der Waals surface area contributed by atoms with E-state index in [1.807, 2.05) is 22.9 Å². The Morgan fingerprint density at radius 2 is 1.95 bits per heavy atom. The smallest absolute Gasteiger partial charge is 0.0624 e. The van der Waals surface area contributed by atoms with Crippen molar-refractivity contribution in [2.45, 2.75) is 52.2 Å². The van der Waals surface area contributed by atoms with Gasteiger partial charge < -0.3 is 5.11 Å². The zero-order valence-electron chi connectivity index (χ0n) is 12.4. The summed E-state index contributed by atoms with van der Waals surface area (Å²) in [4.78, 5) is 0. The minimum atomic E-state index is -0.304. The molecule has 0 aliphatic carbocycles. The van der Waals surface area contributed by atoms with Crippen molar-refractivity contribution >= 4 is 0 Å². The molecule has 2 rings (SSSR count). The van der Waals surface area contributed by atoms with Crippen LogP contribution in [0.25, 0.3) is 0 Å². The number of rotatable bonds is 7. The van der Waals surface area contributed by atoms with E-state index in [2.05, 4.69) is 37.1 Å². The normalized spacial score (nSPS) is 12.6. The van der Waals surface area contributed by atoms with Gasteiger partial charge in [0.2, 0.25) is 0 Å². The number of benzene rings is 1. The molecule has 0 aliphatic heterocycles. The molecule has 1 aromatic carbocycles. The molecule has 0 spiro atoms. The first-order valence-corrected chi connectivity index (χ1v) is 7.50. The van der Waals surface area contributed by atoms with Crippen molar-refractivity contribution in [3.63, 3.8) is 0 Å². The molecule has 0 radical (unpaired) electrons. The molecule has 1 unspecified atom stereocenters. The molecule has 0 aliphatic rings. The van der Waals surface area contributed by atoms with Crippen LogP contribution in [0.15, 0.2) is 36.4 Å². The molecular formula is C17H24N2O. The van der Waals surface area contributed by atoms with Crippen molar-refractivity contribution in [2.24, 2.45) is 0 Å². The van der Waals surface area contributed by atoms with Gasteiger partial charge in [-0.05, 0) is 37.8 Å². The van der Waals surface area contributed by atoms with Gasteiger partial charge >= 0.3 is 0 Å². The summed E-state index contributed by atoms with van der Waals surface area (Å²) in [5.41, 5.74) is 3.53. The minimum absolute atomic E-state index is 0.304. The van der Waals surface area contributed by atoms with Crippen molar-refractivity contribution in [1.82, 2.24) is 9.78 Å². The van der Waals surface area contributed by atoms with Crippen LogP contribution >= 0.6 is 0 Å². The predicted octanol–water partition coefficient (Wildman–Crippen LogP) is 3.00. The predicted molar refractivity (Wildman–Crippen MR) is 81.8 cm³/mol. The Labute approximate surface area is 121 Å². The van der Waals surface area contributed by atoms with Crippen molar-refractivity contribution in [2.75, 3.05) is 0 Å². The highest BCUT2D eigenvalue weighted by Crippen LogP contribution is 2.12. The first kappa shape index (κ1) is 14.8. The zero-order valence-corrected chi connectivity index (χ0v) is 12.4. The van der Waals surface area contributed by atoms with Crippen LogP contribution in [-0.2, 0) is 25.8 Å².